The minimum absolute atomic E-state index is 0.121. The van der Waals surface area contributed by atoms with E-state index >= 15 is 0 Å². The maximum atomic E-state index is 13.2. The van der Waals surface area contributed by atoms with Gasteiger partial charge in [-0.1, -0.05) is 30.3 Å². The number of sulfonamides is 1. The summed E-state index contributed by atoms with van der Waals surface area (Å²) < 4.78 is 29.0. The largest absolute Gasteiger partial charge is 0.368 e. The molecule has 1 saturated heterocycles. The van der Waals surface area contributed by atoms with Crippen molar-refractivity contribution < 1.29 is 13.2 Å². The van der Waals surface area contributed by atoms with Crippen molar-refractivity contribution in [3.05, 3.63) is 89.0 Å². The summed E-state index contributed by atoms with van der Waals surface area (Å²) in [5.41, 5.74) is 4.59. The number of hydrogen-bond acceptors (Lipinski definition) is 4. The monoisotopic (exact) mass is 463 g/mol. The fourth-order valence-corrected chi connectivity index (χ4v) is 5.57. The van der Waals surface area contributed by atoms with Crippen LogP contribution in [0.1, 0.15) is 27.0 Å². The first-order chi connectivity index (χ1) is 15.7. The van der Waals surface area contributed by atoms with Gasteiger partial charge in [0.1, 0.15) is 0 Å². The average Bonchev–Trinajstić information content (AvgIpc) is 2.78. The van der Waals surface area contributed by atoms with Gasteiger partial charge in [0, 0.05) is 43.1 Å². The van der Waals surface area contributed by atoms with Gasteiger partial charge in [-0.05, 0) is 73.9 Å². The van der Waals surface area contributed by atoms with Gasteiger partial charge < -0.3 is 9.80 Å². The molecule has 1 heterocycles. The van der Waals surface area contributed by atoms with E-state index in [1.54, 1.807) is 36.1 Å². The number of rotatable bonds is 5. The SMILES string of the molecule is Cc1cc(C)cc(NS(=O)(=O)c2cc(C(=O)N3CCN(c4ccccc4)CC3)ccc2C)c1. The van der Waals surface area contributed by atoms with E-state index in [9.17, 15) is 13.2 Å². The van der Waals surface area contributed by atoms with Crippen molar-refractivity contribution in [2.24, 2.45) is 0 Å². The average molecular weight is 464 g/mol. The number of amides is 1. The lowest BCUT2D eigenvalue weighted by molar-refractivity contribution is 0.0746. The van der Waals surface area contributed by atoms with Gasteiger partial charge in [-0.15, -0.1) is 0 Å². The maximum Gasteiger partial charge on any atom is 0.262 e. The molecule has 1 N–H and O–H groups in total. The van der Waals surface area contributed by atoms with Crippen molar-refractivity contribution in [3.63, 3.8) is 0 Å². The zero-order valence-electron chi connectivity index (χ0n) is 19.2. The molecule has 0 unspecified atom stereocenters. The molecule has 3 aromatic rings. The molecule has 0 aromatic heterocycles. The molecule has 7 heteroatoms. The first-order valence-corrected chi connectivity index (χ1v) is 12.5. The first-order valence-electron chi connectivity index (χ1n) is 11.0. The van der Waals surface area contributed by atoms with Gasteiger partial charge in [0.05, 0.1) is 4.90 Å². The number of anilines is 2. The van der Waals surface area contributed by atoms with Crippen molar-refractivity contribution in [1.29, 1.82) is 0 Å². The van der Waals surface area contributed by atoms with Gasteiger partial charge in [0.2, 0.25) is 0 Å². The zero-order chi connectivity index (χ0) is 23.6. The summed E-state index contributed by atoms with van der Waals surface area (Å²) in [7, 11) is -3.84. The Morgan fingerprint density at radius 1 is 0.818 bits per heavy atom. The van der Waals surface area contributed by atoms with Crippen LogP contribution in [0, 0.1) is 20.8 Å². The summed E-state index contributed by atoms with van der Waals surface area (Å²) >= 11 is 0. The summed E-state index contributed by atoms with van der Waals surface area (Å²) in [6.07, 6.45) is 0. The number of hydrogen-bond donors (Lipinski definition) is 1. The molecule has 0 spiro atoms. The molecule has 172 valence electrons. The van der Waals surface area contributed by atoms with E-state index in [0.717, 1.165) is 29.9 Å². The summed E-state index contributed by atoms with van der Waals surface area (Å²) in [4.78, 5) is 17.3. The van der Waals surface area contributed by atoms with Crippen LogP contribution in [0.5, 0.6) is 0 Å². The van der Waals surface area contributed by atoms with E-state index in [1.165, 1.54) is 6.07 Å². The zero-order valence-corrected chi connectivity index (χ0v) is 20.0. The van der Waals surface area contributed by atoms with E-state index in [0.29, 0.717) is 29.9 Å². The highest BCUT2D eigenvalue weighted by atomic mass is 32.2. The third-order valence-corrected chi connectivity index (χ3v) is 7.41. The summed E-state index contributed by atoms with van der Waals surface area (Å²) in [5, 5.41) is 0. The number of para-hydroxylation sites is 1. The fourth-order valence-electron chi connectivity index (χ4n) is 4.26. The van der Waals surface area contributed by atoms with Crippen LogP contribution in [-0.2, 0) is 10.0 Å². The number of benzene rings is 3. The van der Waals surface area contributed by atoms with Gasteiger partial charge in [-0.3, -0.25) is 9.52 Å². The van der Waals surface area contributed by atoms with E-state index in [4.69, 9.17) is 0 Å². The molecule has 0 bridgehead atoms. The van der Waals surface area contributed by atoms with Crippen LogP contribution in [0.15, 0.2) is 71.6 Å². The second-order valence-corrected chi connectivity index (χ2v) is 10.2. The number of aryl methyl sites for hydroxylation is 3. The Morgan fingerprint density at radius 2 is 1.45 bits per heavy atom. The molecule has 4 rings (SSSR count). The van der Waals surface area contributed by atoms with Crippen molar-refractivity contribution >= 4 is 27.3 Å². The molecule has 0 aliphatic carbocycles. The lowest BCUT2D eigenvalue weighted by Crippen LogP contribution is -2.48. The van der Waals surface area contributed by atoms with E-state index in [1.807, 2.05) is 38.1 Å². The lowest BCUT2D eigenvalue weighted by atomic mass is 10.1. The molecule has 1 aliphatic rings. The van der Waals surface area contributed by atoms with Gasteiger partial charge in [0.15, 0.2) is 0 Å². The highest BCUT2D eigenvalue weighted by molar-refractivity contribution is 7.92. The first kappa shape index (κ1) is 22.9. The van der Waals surface area contributed by atoms with Crippen LogP contribution in [-0.4, -0.2) is 45.4 Å². The van der Waals surface area contributed by atoms with Crippen molar-refractivity contribution in [2.45, 2.75) is 25.7 Å². The molecule has 1 amide bonds. The molecular formula is C26H29N3O3S. The van der Waals surface area contributed by atoms with Crippen molar-refractivity contribution in [2.75, 3.05) is 35.8 Å². The second kappa shape index (κ2) is 9.27. The van der Waals surface area contributed by atoms with E-state index < -0.39 is 10.0 Å². The van der Waals surface area contributed by atoms with Crippen LogP contribution in [0.2, 0.25) is 0 Å². The Balaban J connectivity index is 1.51. The number of nitrogens with zero attached hydrogens (tertiary/aromatic N) is 2. The van der Waals surface area contributed by atoms with Gasteiger partial charge in [-0.2, -0.15) is 0 Å². The third kappa shape index (κ3) is 5.20. The smallest absolute Gasteiger partial charge is 0.262 e. The Hall–Kier alpha value is -3.32. The second-order valence-electron chi connectivity index (χ2n) is 8.58. The lowest BCUT2D eigenvalue weighted by Gasteiger charge is -2.36. The van der Waals surface area contributed by atoms with Crippen LogP contribution in [0.3, 0.4) is 0 Å². The third-order valence-electron chi connectivity index (χ3n) is 5.89. The Kier molecular flexibility index (Phi) is 6.42. The molecule has 1 fully saturated rings. The molecular weight excluding hydrogens is 434 g/mol. The molecule has 33 heavy (non-hydrogen) atoms. The molecule has 0 radical (unpaired) electrons. The minimum atomic E-state index is -3.84. The normalized spacial score (nSPS) is 14.3. The van der Waals surface area contributed by atoms with Crippen LogP contribution >= 0.6 is 0 Å². The number of nitrogens with one attached hydrogen (secondary N) is 1. The van der Waals surface area contributed by atoms with Crippen LogP contribution in [0.25, 0.3) is 0 Å². The van der Waals surface area contributed by atoms with Gasteiger partial charge in [-0.25, -0.2) is 8.42 Å². The van der Waals surface area contributed by atoms with Gasteiger partial charge in [0.25, 0.3) is 15.9 Å². The predicted molar refractivity (Wildman–Crippen MR) is 132 cm³/mol. The molecule has 0 saturated carbocycles. The minimum Gasteiger partial charge on any atom is -0.368 e. The molecule has 3 aromatic carbocycles. The Morgan fingerprint density at radius 3 is 2.09 bits per heavy atom. The van der Waals surface area contributed by atoms with Crippen molar-refractivity contribution in [1.82, 2.24) is 4.90 Å². The molecule has 6 nitrogen and oxygen atoms in total. The predicted octanol–water partition coefficient (Wildman–Crippen LogP) is 4.38. The fraction of sp³-hybridized carbons (Fsp3) is 0.269. The Labute approximate surface area is 195 Å². The molecule has 1 aliphatic heterocycles. The highest BCUT2D eigenvalue weighted by Crippen LogP contribution is 2.24. The Bertz CT molecular complexity index is 1240. The van der Waals surface area contributed by atoms with E-state index in [-0.39, 0.29) is 10.8 Å². The summed E-state index contributed by atoms with van der Waals surface area (Å²) in [6.45, 7) is 8.24. The van der Waals surface area contributed by atoms with Crippen LogP contribution in [0.4, 0.5) is 11.4 Å². The van der Waals surface area contributed by atoms with Crippen molar-refractivity contribution in [3.8, 4) is 0 Å². The standard InChI is InChI=1S/C26H29N3O3S/c1-19-15-20(2)17-23(16-19)27-33(31,32)25-18-22(10-9-21(25)3)26(30)29-13-11-28(12-14-29)24-7-5-4-6-8-24/h4-10,15-18,27H,11-14H2,1-3H3. The topological polar surface area (TPSA) is 69.7 Å². The summed E-state index contributed by atoms with van der Waals surface area (Å²) in [5.74, 6) is -0.148. The highest BCUT2D eigenvalue weighted by Gasteiger charge is 2.25. The molecule has 0 atom stereocenters. The number of carbonyl (C=O) groups is 1. The quantitative estimate of drug-likeness (QED) is 0.610. The number of piperazine rings is 1. The summed E-state index contributed by atoms with van der Waals surface area (Å²) in [6, 6.07) is 20.6. The van der Waals surface area contributed by atoms with E-state index in [2.05, 4.69) is 21.8 Å². The maximum absolute atomic E-state index is 13.2. The van der Waals surface area contributed by atoms with Crippen LogP contribution < -0.4 is 9.62 Å². The van der Waals surface area contributed by atoms with Gasteiger partial charge >= 0.3 is 0 Å². The number of carbonyl (C=O) groups excluding carboxylic acids is 1.